The third kappa shape index (κ3) is 6.04. The fourth-order valence-electron chi connectivity index (χ4n) is 1.91. The van der Waals surface area contributed by atoms with Crippen LogP contribution in [0.5, 0.6) is 5.75 Å². The number of benzene rings is 2. The van der Waals surface area contributed by atoms with Crippen molar-refractivity contribution < 1.29 is 17.9 Å². The van der Waals surface area contributed by atoms with Gasteiger partial charge in [-0.05, 0) is 55.0 Å². The van der Waals surface area contributed by atoms with E-state index in [1.54, 1.807) is 24.3 Å². The van der Waals surface area contributed by atoms with E-state index in [1.165, 1.54) is 24.3 Å². The lowest BCUT2D eigenvalue weighted by Gasteiger charge is -2.09. The fraction of sp³-hybridized carbons (Fsp3) is 0.235. The number of halogens is 1. The highest BCUT2D eigenvalue weighted by molar-refractivity contribution is 7.89. The van der Waals surface area contributed by atoms with Gasteiger partial charge in [0.2, 0.25) is 10.0 Å². The first-order valence-electron chi connectivity index (χ1n) is 7.68. The molecule has 0 heterocycles. The topological polar surface area (TPSA) is 84.5 Å². The van der Waals surface area contributed by atoms with Gasteiger partial charge in [-0.25, -0.2) is 13.1 Å². The van der Waals surface area contributed by atoms with Crippen molar-refractivity contribution in [3.8, 4) is 5.75 Å². The zero-order valence-electron chi connectivity index (χ0n) is 13.7. The van der Waals surface area contributed by atoms with Crippen LogP contribution >= 0.6 is 11.6 Å². The maximum atomic E-state index is 12.0. The first kappa shape index (κ1) is 19.2. The molecule has 2 rings (SSSR count). The van der Waals surface area contributed by atoms with Crippen LogP contribution in [0.1, 0.15) is 13.3 Å². The summed E-state index contributed by atoms with van der Waals surface area (Å²) in [5.41, 5.74) is 0.485. The van der Waals surface area contributed by atoms with Gasteiger partial charge in [0.1, 0.15) is 5.75 Å². The van der Waals surface area contributed by atoms with Gasteiger partial charge in [-0.1, -0.05) is 18.5 Å². The standard InChI is InChI=1S/C17H19ClN2O4S/c1-2-11-19-25(22,23)16-9-5-14(6-10-16)20-17(21)12-24-15-7-3-13(18)4-8-15/h3-10,19H,2,11-12H2,1H3,(H,20,21). The molecule has 0 unspecified atom stereocenters. The van der Waals surface area contributed by atoms with Crippen LogP contribution in [0.3, 0.4) is 0 Å². The second-order valence-corrected chi connectivity index (χ2v) is 7.42. The van der Waals surface area contributed by atoms with E-state index in [0.29, 0.717) is 29.4 Å². The van der Waals surface area contributed by atoms with Crippen molar-refractivity contribution in [2.24, 2.45) is 0 Å². The summed E-state index contributed by atoms with van der Waals surface area (Å²) in [6.07, 6.45) is 0.709. The van der Waals surface area contributed by atoms with Crippen molar-refractivity contribution in [3.63, 3.8) is 0 Å². The molecule has 0 aliphatic rings. The fourth-order valence-corrected chi connectivity index (χ4v) is 3.17. The molecule has 2 aromatic carbocycles. The van der Waals surface area contributed by atoms with Crippen molar-refractivity contribution in [3.05, 3.63) is 53.6 Å². The number of nitrogens with one attached hydrogen (secondary N) is 2. The summed E-state index contributed by atoms with van der Waals surface area (Å²) >= 11 is 5.77. The summed E-state index contributed by atoms with van der Waals surface area (Å²) in [6.45, 7) is 2.09. The highest BCUT2D eigenvalue weighted by Crippen LogP contribution is 2.16. The summed E-state index contributed by atoms with van der Waals surface area (Å²) in [5, 5.41) is 3.22. The maximum Gasteiger partial charge on any atom is 0.262 e. The molecule has 0 fully saturated rings. The Morgan fingerprint density at radius 1 is 1.08 bits per heavy atom. The summed E-state index contributed by atoms with van der Waals surface area (Å²) in [5.74, 6) is 0.178. The molecule has 0 aliphatic heterocycles. The van der Waals surface area contributed by atoms with Crippen molar-refractivity contribution in [1.82, 2.24) is 4.72 Å². The number of rotatable bonds is 8. The van der Waals surface area contributed by atoms with Gasteiger partial charge < -0.3 is 10.1 Å². The minimum atomic E-state index is -3.52. The number of carbonyl (C=O) groups is 1. The molecule has 1 amide bonds. The minimum Gasteiger partial charge on any atom is -0.484 e. The van der Waals surface area contributed by atoms with Crippen molar-refractivity contribution in [2.75, 3.05) is 18.5 Å². The van der Waals surface area contributed by atoms with Gasteiger partial charge in [0, 0.05) is 17.3 Å². The number of carbonyl (C=O) groups excluding carboxylic acids is 1. The van der Waals surface area contributed by atoms with Crippen LogP contribution in [0.4, 0.5) is 5.69 Å². The molecular weight excluding hydrogens is 364 g/mol. The highest BCUT2D eigenvalue weighted by Gasteiger charge is 2.13. The number of hydrogen-bond donors (Lipinski definition) is 2. The summed E-state index contributed by atoms with van der Waals surface area (Å²) < 4.78 is 31.8. The molecule has 0 saturated heterocycles. The van der Waals surface area contributed by atoms with E-state index < -0.39 is 10.0 Å². The number of hydrogen-bond acceptors (Lipinski definition) is 4. The highest BCUT2D eigenvalue weighted by atomic mass is 35.5. The molecule has 0 radical (unpaired) electrons. The quantitative estimate of drug-likeness (QED) is 0.734. The van der Waals surface area contributed by atoms with Gasteiger partial charge in [-0.2, -0.15) is 0 Å². The third-order valence-electron chi connectivity index (χ3n) is 3.17. The van der Waals surface area contributed by atoms with Crippen molar-refractivity contribution in [2.45, 2.75) is 18.2 Å². The van der Waals surface area contributed by atoms with E-state index in [0.717, 1.165) is 0 Å². The van der Waals surface area contributed by atoms with Crippen LogP contribution in [0.15, 0.2) is 53.4 Å². The Balaban J connectivity index is 1.89. The van der Waals surface area contributed by atoms with Gasteiger partial charge in [0.05, 0.1) is 4.90 Å². The predicted molar refractivity (Wildman–Crippen MR) is 97.5 cm³/mol. The zero-order valence-corrected chi connectivity index (χ0v) is 15.2. The van der Waals surface area contributed by atoms with E-state index in [9.17, 15) is 13.2 Å². The van der Waals surface area contributed by atoms with Crippen LogP contribution in [0, 0.1) is 0 Å². The first-order chi connectivity index (χ1) is 11.9. The summed E-state index contributed by atoms with van der Waals surface area (Å²) in [7, 11) is -3.52. The first-order valence-corrected chi connectivity index (χ1v) is 9.55. The lowest BCUT2D eigenvalue weighted by atomic mass is 10.3. The lowest BCUT2D eigenvalue weighted by Crippen LogP contribution is -2.24. The van der Waals surface area contributed by atoms with E-state index in [4.69, 9.17) is 16.3 Å². The Morgan fingerprint density at radius 3 is 2.32 bits per heavy atom. The second kappa shape index (κ2) is 8.84. The molecule has 0 bridgehead atoms. The average Bonchev–Trinajstić information content (AvgIpc) is 2.60. The number of anilines is 1. The predicted octanol–water partition coefficient (Wildman–Crippen LogP) is 3.05. The van der Waals surface area contributed by atoms with Crippen LogP contribution < -0.4 is 14.8 Å². The molecule has 0 saturated carbocycles. The molecule has 0 spiro atoms. The van der Waals surface area contributed by atoms with E-state index in [-0.39, 0.29) is 17.4 Å². The molecule has 0 aromatic heterocycles. The van der Waals surface area contributed by atoms with Gasteiger partial charge in [0.25, 0.3) is 5.91 Å². The van der Waals surface area contributed by atoms with E-state index in [1.807, 2.05) is 6.92 Å². The molecule has 0 aliphatic carbocycles. The molecule has 134 valence electrons. The second-order valence-electron chi connectivity index (χ2n) is 5.21. The van der Waals surface area contributed by atoms with Crippen LogP contribution in [0.25, 0.3) is 0 Å². The zero-order chi connectivity index (χ0) is 18.3. The summed E-state index contributed by atoms with van der Waals surface area (Å²) in [4.78, 5) is 12.0. The van der Waals surface area contributed by atoms with E-state index >= 15 is 0 Å². The molecule has 2 aromatic rings. The number of sulfonamides is 1. The van der Waals surface area contributed by atoms with Crippen LogP contribution in [-0.4, -0.2) is 27.5 Å². The monoisotopic (exact) mass is 382 g/mol. The van der Waals surface area contributed by atoms with Gasteiger partial charge in [-0.15, -0.1) is 0 Å². The normalized spacial score (nSPS) is 11.1. The Hall–Kier alpha value is -2.09. The maximum absolute atomic E-state index is 12.0. The van der Waals surface area contributed by atoms with E-state index in [2.05, 4.69) is 10.0 Å². The largest absolute Gasteiger partial charge is 0.484 e. The Labute approximate surface area is 152 Å². The van der Waals surface area contributed by atoms with Crippen molar-refractivity contribution >= 4 is 33.2 Å². The molecule has 2 N–H and O–H groups in total. The van der Waals surface area contributed by atoms with Crippen molar-refractivity contribution in [1.29, 1.82) is 0 Å². The van der Waals surface area contributed by atoms with Crippen LogP contribution in [-0.2, 0) is 14.8 Å². The minimum absolute atomic E-state index is 0.149. The third-order valence-corrected chi connectivity index (χ3v) is 4.90. The van der Waals surface area contributed by atoms with Gasteiger partial charge >= 0.3 is 0 Å². The molecule has 8 heteroatoms. The molecule has 6 nitrogen and oxygen atoms in total. The SMILES string of the molecule is CCCNS(=O)(=O)c1ccc(NC(=O)COc2ccc(Cl)cc2)cc1. The Morgan fingerprint density at radius 2 is 1.72 bits per heavy atom. The number of ether oxygens (including phenoxy) is 1. The smallest absolute Gasteiger partial charge is 0.262 e. The molecule has 25 heavy (non-hydrogen) atoms. The Bertz CT molecular complexity index is 806. The van der Waals surface area contributed by atoms with Crippen LogP contribution in [0.2, 0.25) is 5.02 Å². The average molecular weight is 383 g/mol. The summed E-state index contributed by atoms with van der Waals surface area (Å²) in [6, 6.07) is 12.6. The lowest BCUT2D eigenvalue weighted by molar-refractivity contribution is -0.118. The van der Waals surface area contributed by atoms with Gasteiger partial charge in [0.15, 0.2) is 6.61 Å². The Kier molecular flexibility index (Phi) is 6.81. The molecular formula is C17H19ClN2O4S. The van der Waals surface area contributed by atoms with Gasteiger partial charge in [-0.3, -0.25) is 4.79 Å². The number of amides is 1. The molecule has 0 atom stereocenters.